The third-order valence-corrected chi connectivity index (χ3v) is 5.68. The van der Waals surface area contributed by atoms with Gasteiger partial charge < -0.3 is 14.4 Å². The zero-order chi connectivity index (χ0) is 23.9. The summed E-state index contributed by atoms with van der Waals surface area (Å²) in [5, 5.41) is 0. The fourth-order valence-corrected chi connectivity index (χ4v) is 3.82. The molecular formula is C27H28FN5O. The third kappa shape index (κ3) is 5.49. The molecule has 4 aromatic rings. The lowest BCUT2D eigenvalue weighted by Gasteiger charge is -2.23. The first-order chi connectivity index (χ1) is 16.6. The minimum absolute atomic E-state index is 0.258. The number of anilines is 2. The maximum atomic E-state index is 13.6. The Morgan fingerprint density at radius 3 is 2.29 bits per heavy atom. The molecule has 0 aliphatic rings. The number of rotatable bonds is 9. The molecule has 2 aromatic heterocycles. The first-order valence-electron chi connectivity index (χ1n) is 11.4. The van der Waals surface area contributed by atoms with Crippen molar-refractivity contribution in [3.63, 3.8) is 0 Å². The molecule has 0 atom stereocenters. The number of hydrogen-bond donors (Lipinski definition) is 0. The average molecular weight is 458 g/mol. The molecule has 2 aromatic carbocycles. The van der Waals surface area contributed by atoms with Crippen LogP contribution in [0.15, 0.2) is 85.5 Å². The van der Waals surface area contributed by atoms with Crippen molar-refractivity contribution < 1.29 is 9.18 Å². The summed E-state index contributed by atoms with van der Waals surface area (Å²) in [6.45, 7) is 6.83. The SMILES string of the molecule is CCN(CC)c1ccc(CN(C(=O)c2cn(Cc3ccccc3)cn2)c2ccc(F)cc2)cn1. The van der Waals surface area contributed by atoms with E-state index in [0.717, 1.165) is 30.0 Å². The molecule has 0 saturated carbocycles. The Bertz CT molecular complexity index is 1200. The molecule has 2 heterocycles. The Morgan fingerprint density at radius 2 is 1.65 bits per heavy atom. The molecule has 0 fully saturated rings. The largest absolute Gasteiger partial charge is 0.357 e. The minimum Gasteiger partial charge on any atom is -0.357 e. The lowest BCUT2D eigenvalue weighted by atomic mass is 10.2. The zero-order valence-electron chi connectivity index (χ0n) is 19.4. The molecule has 0 unspecified atom stereocenters. The molecule has 4 rings (SSSR count). The lowest BCUT2D eigenvalue weighted by Crippen LogP contribution is -2.31. The molecule has 0 bridgehead atoms. The van der Waals surface area contributed by atoms with Crippen molar-refractivity contribution in [3.05, 3.63) is 108 Å². The number of benzene rings is 2. The van der Waals surface area contributed by atoms with Gasteiger partial charge in [-0.05, 0) is 55.3 Å². The monoisotopic (exact) mass is 457 g/mol. The van der Waals surface area contributed by atoms with Gasteiger partial charge in [0, 0.05) is 37.7 Å². The molecule has 0 aliphatic heterocycles. The third-order valence-electron chi connectivity index (χ3n) is 5.68. The molecule has 0 aliphatic carbocycles. The van der Waals surface area contributed by atoms with E-state index in [2.05, 4.69) is 28.7 Å². The fraction of sp³-hybridized carbons (Fsp3) is 0.222. The topological polar surface area (TPSA) is 54.3 Å². The van der Waals surface area contributed by atoms with E-state index in [1.807, 2.05) is 47.0 Å². The van der Waals surface area contributed by atoms with Crippen molar-refractivity contribution in [2.75, 3.05) is 22.9 Å². The van der Waals surface area contributed by atoms with Crippen LogP contribution in [0.5, 0.6) is 0 Å². The highest BCUT2D eigenvalue weighted by atomic mass is 19.1. The van der Waals surface area contributed by atoms with E-state index in [4.69, 9.17) is 0 Å². The van der Waals surface area contributed by atoms with Gasteiger partial charge >= 0.3 is 0 Å². The van der Waals surface area contributed by atoms with Gasteiger partial charge in [-0.25, -0.2) is 14.4 Å². The first kappa shape index (κ1) is 23.2. The predicted octanol–water partition coefficient (Wildman–Crippen LogP) is 5.16. The van der Waals surface area contributed by atoms with E-state index in [1.54, 1.807) is 35.8 Å². The normalized spacial score (nSPS) is 10.8. The van der Waals surface area contributed by atoms with Crippen LogP contribution in [0, 0.1) is 5.82 Å². The molecule has 7 heteroatoms. The van der Waals surface area contributed by atoms with Gasteiger partial charge in [0.25, 0.3) is 5.91 Å². The van der Waals surface area contributed by atoms with Crippen LogP contribution >= 0.6 is 0 Å². The van der Waals surface area contributed by atoms with Crippen LogP contribution in [0.2, 0.25) is 0 Å². The van der Waals surface area contributed by atoms with Crippen LogP contribution in [-0.4, -0.2) is 33.5 Å². The number of amides is 1. The summed E-state index contributed by atoms with van der Waals surface area (Å²) in [5.74, 6) is 0.285. The van der Waals surface area contributed by atoms with Gasteiger partial charge in [0.1, 0.15) is 17.3 Å². The molecule has 0 spiro atoms. The maximum absolute atomic E-state index is 13.6. The van der Waals surface area contributed by atoms with Crippen LogP contribution in [0.25, 0.3) is 0 Å². The van der Waals surface area contributed by atoms with E-state index in [9.17, 15) is 9.18 Å². The van der Waals surface area contributed by atoms with E-state index in [-0.39, 0.29) is 11.7 Å². The summed E-state index contributed by atoms with van der Waals surface area (Å²) in [4.78, 5) is 26.2. The van der Waals surface area contributed by atoms with Gasteiger partial charge in [-0.3, -0.25) is 4.79 Å². The second-order valence-corrected chi connectivity index (χ2v) is 7.98. The van der Waals surface area contributed by atoms with E-state index < -0.39 is 0 Å². The van der Waals surface area contributed by atoms with Crippen LogP contribution in [0.3, 0.4) is 0 Å². The van der Waals surface area contributed by atoms with Crippen molar-refractivity contribution in [3.8, 4) is 0 Å². The summed E-state index contributed by atoms with van der Waals surface area (Å²) in [5.41, 5.74) is 2.91. The predicted molar refractivity (Wildman–Crippen MR) is 132 cm³/mol. The number of aromatic nitrogens is 3. The van der Waals surface area contributed by atoms with Crippen molar-refractivity contribution in [2.45, 2.75) is 26.9 Å². The van der Waals surface area contributed by atoms with Gasteiger partial charge in [-0.15, -0.1) is 0 Å². The smallest absolute Gasteiger partial charge is 0.278 e. The molecule has 0 radical (unpaired) electrons. The lowest BCUT2D eigenvalue weighted by molar-refractivity contribution is 0.0980. The van der Waals surface area contributed by atoms with E-state index >= 15 is 0 Å². The Morgan fingerprint density at radius 1 is 0.912 bits per heavy atom. The van der Waals surface area contributed by atoms with Gasteiger partial charge in [0.15, 0.2) is 0 Å². The fourth-order valence-electron chi connectivity index (χ4n) is 3.82. The first-order valence-corrected chi connectivity index (χ1v) is 11.4. The quantitative estimate of drug-likeness (QED) is 0.348. The number of carbonyl (C=O) groups excluding carboxylic acids is 1. The second-order valence-electron chi connectivity index (χ2n) is 7.98. The van der Waals surface area contributed by atoms with Gasteiger partial charge in [0.05, 0.1) is 12.9 Å². The highest BCUT2D eigenvalue weighted by Gasteiger charge is 2.21. The number of imidazole rings is 1. The van der Waals surface area contributed by atoms with E-state index in [0.29, 0.717) is 24.5 Å². The Hall–Kier alpha value is -4.00. The molecule has 0 N–H and O–H groups in total. The standard InChI is InChI=1S/C27H28FN5O/c1-3-32(4-2)26-15-10-22(16-29-26)18-33(24-13-11-23(28)12-14-24)27(34)25-19-31(20-30-25)17-21-8-6-5-7-9-21/h5-16,19-20H,3-4,17-18H2,1-2H3. The van der Waals surface area contributed by atoms with E-state index in [1.165, 1.54) is 12.1 Å². The summed E-state index contributed by atoms with van der Waals surface area (Å²) < 4.78 is 15.4. The van der Waals surface area contributed by atoms with Crippen molar-refractivity contribution in [2.24, 2.45) is 0 Å². The Balaban J connectivity index is 1.58. The molecule has 0 saturated heterocycles. The minimum atomic E-state index is -0.353. The highest BCUT2D eigenvalue weighted by molar-refractivity contribution is 6.04. The number of hydrogen-bond acceptors (Lipinski definition) is 4. The van der Waals surface area contributed by atoms with Crippen LogP contribution < -0.4 is 9.80 Å². The summed E-state index contributed by atoms with van der Waals surface area (Å²) in [6.07, 6.45) is 5.18. The van der Waals surface area contributed by atoms with Crippen molar-refractivity contribution in [1.29, 1.82) is 0 Å². The molecule has 6 nitrogen and oxygen atoms in total. The number of pyridine rings is 1. The van der Waals surface area contributed by atoms with Crippen molar-refractivity contribution in [1.82, 2.24) is 14.5 Å². The average Bonchev–Trinajstić information content (AvgIpc) is 3.33. The highest BCUT2D eigenvalue weighted by Crippen LogP contribution is 2.21. The molecule has 1 amide bonds. The Kier molecular flexibility index (Phi) is 7.32. The zero-order valence-corrected chi connectivity index (χ0v) is 19.4. The van der Waals surface area contributed by atoms with Gasteiger partial charge in [-0.1, -0.05) is 36.4 Å². The summed E-state index contributed by atoms with van der Waals surface area (Å²) in [6, 6.07) is 19.8. The van der Waals surface area contributed by atoms with Gasteiger partial charge in [-0.2, -0.15) is 0 Å². The number of carbonyl (C=O) groups is 1. The number of halogens is 1. The maximum Gasteiger partial charge on any atom is 0.278 e. The molecular weight excluding hydrogens is 429 g/mol. The van der Waals surface area contributed by atoms with Crippen LogP contribution in [0.4, 0.5) is 15.9 Å². The van der Waals surface area contributed by atoms with Crippen molar-refractivity contribution >= 4 is 17.4 Å². The van der Waals surface area contributed by atoms with Crippen LogP contribution in [0.1, 0.15) is 35.5 Å². The number of nitrogens with zero attached hydrogens (tertiary/aromatic N) is 5. The second kappa shape index (κ2) is 10.7. The van der Waals surface area contributed by atoms with Crippen LogP contribution in [-0.2, 0) is 13.1 Å². The molecule has 174 valence electrons. The van der Waals surface area contributed by atoms with Gasteiger partial charge in [0.2, 0.25) is 0 Å². The summed E-state index contributed by atoms with van der Waals surface area (Å²) in [7, 11) is 0. The Labute approximate surface area is 199 Å². The summed E-state index contributed by atoms with van der Waals surface area (Å²) >= 11 is 0. The molecule has 34 heavy (non-hydrogen) atoms.